The van der Waals surface area contributed by atoms with Crippen LogP contribution in [0, 0.1) is 30.6 Å². The first-order valence-corrected chi connectivity index (χ1v) is 16.3. The minimum Gasteiger partial charge on any atom is -0.425 e. The second-order valence-electron chi connectivity index (χ2n) is 13.5. The zero-order valence-electron chi connectivity index (χ0n) is 29.0. The minimum absolute atomic E-state index is 0.0869. The first kappa shape index (κ1) is 37.6. The van der Waals surface area contributed by atoms with Crippen LogP contribution in [-0.2, 0) is 19.1 Å². The molecule has 0 saturated heterocycles. The number of nitrogens with one attached hydrogen (secondary N) is 2. The van der Waals surface area contributed by atoms with Gasteiger partial charge in [-0.25, -0.2) is 4.79 Å². The van der Waals surface area contributed by atoms with Crippen LogP contribution >= 0.6 is 0 Å². The molecule has 3 atom stereocenters. The summed E-state index contributed by atoms with van der Waals surface area (Å²) < 4.78 is 11.1. The molecule has 4 N–H and O–H groups in total. The zero-order valence-corrected chi connectivity index (χ0v) is 29.0. The second kappa shape index (κ2) is 17.8. The van der Waals surface area contributed by atoms with Crippen molar-refractivity contribution in [2.75, 3.05) is 28.6 Å². The highest BCUT2D eigenvalue weighted by Crippen LogP contribution is 2.34. The molecule has 0 aromatic heterocycles. The first-order chi connectivity index (χ1) is 21.1. The maximum atomic E-state index is 13.2. The fourth-order valence-electron chi connectivity index (χ4n) is 4.90. The molecule has 0 saturated carbocycles. The van der Waals surface area contributed by atoms with Crippen molar-refractivity contribution in [2.45, 2.75) is 100 Å². The van der Waals surface area contributed by atoms with E-state index in [1.54, 1.807) is 0 Å². The van der Waals surface area contributed by atoms with E-state index in [2.05, 4.69) is 43.2 Å². The van der Waals surface area contributed by atoms with Crippen LogP contribution in [0.1, 0.15) is 92.2 Å². The van der Waals surface area contributed by atoms with Gasteiger partial charge < -0.3 is 30.7 Å². The van der Waals surface area contributed by atoms with Gasteiger partial charge in [0.25, 0.3) is 0 Å². The van der Waals surface area contributed by atoms with Crippen molar-refractivity contribution in [3.05, 3.63) is 53.6 Å². The normalized spacial score (nSPS) is 13.5. The number of esters is 2. The van der Waals surface area contributed by atoms with E-state index >= 15 is 0 Å². The lowest BCUT2D eigenvalue weighted by atomic mass is 9.92. The van der Waals surface area contributed by atoms with E-state index in [4.69, 9.17) is 15.2 Å². The molecule has 2 amide bonds. The number of benzene rings is 2. The summed E-state index contributed by atoms with van der Waals surface area (Å²) >= 11 is 0. The fraction of sp³-hybridized carbons (Fsp3) is 0.583. The van der Waals surface area contributed by atoms with E-state index < -0.39 is 24.3 Å². The Bertz CT molecular complexity index is 1230. The smallest absolute Gasteiger partial charge is 0.326 e. The van der Waals surface area contributed by atoms with E-state index in [0.717, 1.165) is 29.9 Å². The number of hydrogen-bond donors (Lipinski definition) is 3. The molecule has 45 heavy (non-hydrogen) atoms. The summed E-state index contributed by atoms with van der Waals surface area (Å²) in [5.41, 5.74) is 10.2. The third kappa shape index (κ3) is 12.4. The Morgan fingerprint density at radius 1 is 0.822 bits per heavy atom. The van der Waals surface area contributed by atoms with Crippen molar-refractivity contribution in [3.8, 4) is 0 Å². The molecule has 2 unspecified atom stereocenters. The number of rotatable bonds is 16. The van der Waals surface area contributed by atoms with Crippen LogP contribution in [0.3, 0.4) is 0 Å². The Hall–Kier alpha value is -3.59. The van der Waals surface area contributed by atoms with Crippen LogP contribution in [0.5, 0.6) is 0 Å². The van der Waals surface area contributed by atoms with E-state index in [9.17, 15) is 14.4 Å². The lowest BCUT2D eigenvalue weighted by Gasteiger charge is -2.31. The molecule has 0 aliphatic rings. The molecule has 0 spiro atoms. The van der Waals surface area contributed by atoms with E-state index in [1.807, 2.05) is 84.0 Å². The first-order valence-electron chi connectivity index (χ1n) is 16.3. The van der Waals surface area contributed by atoms with Crippen molar-refractivity contribution in [2.24, 2.45) is 29.4 Å². The summed E-state index contributed by atoms with van der Waals surface area (Å²) in [6, 6.07) is 12.5. The summed E-state index contributed by atoms with van der Waals surface area (Å²) in [4.78, 5) is 41.2. The average Bonchev–Trinajstić information content (AvgIpc) is 2.95. The van der Waals surface area contributed by atoms with Crippen LogP contribution in [0.4, 0.5) is 21.9 Å². The predicted molar refractivity (Wildman–Crippen MR) is 183 cm³/mol. The van der Waals surface area contributed by atoms with E-state index in [0.29, 0.717) is 29.6 Å². The number of carbonyl (C=O) groups is 3. The molecular weight excluding hydrogens is 568 g/mol. The zero-order chi connectivity index (χ0) is 33.8. The monoisotopic (exact) mass is 624 g/mol. The largest absolute Gasteiger partial charge is 0.425 e. The number of amides is 2. The predicted octanol–water partition coefficient (Wildman–Crippen LogP) is 7.69. The van der Waals surface area contributed by atoms with Crippen molar-refractivity contribution >= 4 is 35.0 Å². The van der Waals surface area contributed by atoms with Gasteiger partial charge in [0, 0.05) is 24.7 Å². The number of nitrogens with two attached hydrogens (primary N) is 1. The molecule has 0 radical (unpaired) electrons. The Kier molecular flexibility index (Phi) is 14.9. The maximum absolute atomic E-state index is 13.2. The van der Waals surface area contributed by atoms with Gasteiger partial charge in [-0.3, -0.25) is 9.59 Å². The topological polar surface area (TPSA) is 123 Å². The molecule has 0 fully saturated rings. The third-order valence-corrected chi connectivity index (χ3v) is 7.48. The van der Waals surface area contributed by atoms with Crippen molar-refractivity contribution in [1.29, 1.82) is 0 Å². The molecule has 9 nitrogen and oxygen atoms in total. The molecule has 0 aliphatic heterocycles. The van der Waals surface area contributed by atoms with E-state index in [1.165, 1.54) is 0 Å². The number of anilines is 3. The van der Waals surface area contributed by atoms with Crippen LogP contribution in [-0.4, -0.2) is 43.4 Å². The number of ether oxygens (including phenoxy) is 2. The Morgan fingerprint density at radius 3 is 1.93 bits per heavy atom. The Labute approximate surface area is 270 Å². The average molecular weight is 625 g/mol. The number of urea groups is 1. The lowest BCUT2D eigenvalue weighted by molar-refractivity contribution is -0.197. The SMILES string of the molecule is CC[C@@H](CC(=O)OC(OC(=O)C(N)C(C)C)C(C)C)c1ccc(N(CC(C)C)CC(C)C)c(NC(=O)Nc2ccc(C)cc2)c1. The molecule has 0 aliphatic carbocycles. The molecule has 9 heteroatoms. The second-order valence-corrected chi connectivity index (χ2v) is 13.5. The molecule has 2 aromatic carbocycles. The van der Waals surface area contributed by atoms with Gasteiger partial charge in [0.2, 0.25) is 6.29 Å². The standard InChI is InChI=1S/C36H56N4O5/c1-11-27(19-32(41)44-35(25(8)9)45-34(42)33(37)24(6)7)28-14-17-31(40(20-22(2)3)21-23(4)5)30(18-28)39-36(43)38-29-15-12-26(10)13-16-29/h12-18,22-25,27,33,35H,11,19-21,37H2,1-10H3,(H2,38,39,43)/t27-,33?,35?/m0/s1. The summed E-state index contributed by atoms with van der Waals surface area (Å²) in [5, 5.41) is 6.01. The molecule has 0 bridgehead atoms. The van der Waals surface area contributed by atoms with Gasteiger partial charge in [-0.2, -0.15) is 0 Å². The number of hydrogen-bond acceptors (Lipinski definition) is 7. The molecule has 2 aromatic rings. The molecular formula is C36H56N4O5. The lowest BCUT2D eigenvalue weighted by Crippen LogP contribution is -2.41. The quantitative estimate of drug-likeness (QED) is 0.129. The summed E-state index contributed by atoms with van der Waals surface area (Å²) in [7, 11) is 0. The van der Waals surface area contributed by atoms with Gasteiger partial charge in [-0.1, -0.05) is 86.1 Å². The van der Waals surface area contributed by atoms with E-state index in [-0.39, 0.29) is 30.2 Å². The minimum atomic E-state index is -1.03. The van der Waals surface area contributed by atoms with Crippen molar-refractivity contribution < 1.29 is 23.9 Å². The number of carbonyl (C=O) groups excluding carboxylic acids is 3. The van der Waals surface area contributed by atoms with Gasteiger partial charge in [0.15, 0.2) is 0 Å². The summed E-state index contributed by atoms with van der Waals surface area (Å²) in [6.45, 7) is 21.7. The highest BCUT2D eigenvalue weighted by Gasteiger charge is 2.28. The number of nitrogens with zero attached hydrogens (tertiary/aromatic N) is 1. The summed E-state index contributed by atoms with van der Waals surface area (Å²) in [5.74, 6) is -0.769. The highest BCUT2D eigenvalue weighted by molar-refractivity contribution is 6.02. The summed E-state index contributed by atoms with van der Waals surface area (Å²) in [6.07, 6.45) is -0.281. The molecule has 0 heterocycles. The van der Waals surface area contributed by atoms with Gasteiger partial charge >= 0.3 is 18.0 Å². The van der Waals surface area contributed by atoms with Gasteiger partial charge in [-0.05, 0) is 66.8 Å². The van der Waals surface area contributed by atoms with Gasteiger partial charge in [0.05, 0.1) is 17.8 Å². The Morgan fingerprint density at radius 2 is 1.42 bits per heavy atom. The molecule has 250 valence electrons. The van der Waals surface area contributed by atoms with Crippen molar-refractivity contribution in [3.63, 3.8) is 0 Å². The Balaban J connectivity index is 2.35. The third-order valence-electron chi connectivity index (χ3n) is 7.48. The van der Waals surface area contributed by atoms with Crippen LogP contribution < -0.4 is 21.3 Å². The maximum Gasteiger partial charge on any atom is 0.326 e. The van der Waals surface area contributed by atoms with Gasteiger partial charge in [-0.15, -0.1) is 0 Å². The van der Waals surface area contributed by atoms with Crippen LogP contribution in [0.25, 0.3) is 0 Å². The van der Waals surface area contributed by atoms with Crippen molar-refractivity contribution in [1.82, 2.24) is 0 Å². The fourth-order valence-corrected chi connectivity index (χ4v) is 4.90. The van der Waals surface area contributed by atoms with Gasteiger partial charge in [0.1, 0.15) is 6.04 Å². The van der Waals surface area contributed by atoms with Crippen LogP contribution in [0.2, 0.25) is 0 Å². The highest BCUT2D eigenvalue weighted by atomic mass is 16.7. The van der Waals surface area contributed by atoms with Crippen LogP contribution in [0.15, 0.2) is 42.5 Å². The molecule has 2 rings (SSSR count). The number of aryl methyl sites for hydroxylation is 1.